The van der Waals surface area contributed by atoms with Crippen LogP contribution in [-0.2, 0) is 9.59 Å². The minimum absolute atomic E-state index is 0.00706. The van der Waals surface area contributed by atoms with Gasteiger partial charge in [0.05, 0.1) is 0 Å². The molecule has 0 aliphatic carbocycles. The molecule has 2 aliphatic rings. The fourth-order valence-electron chi connectivity index (χ4n) is 3.14. The second-order valence-electron chi connectivity index (χ2n) is 6.10. The van der Waals surface area contributed by atoms with Crippen LogP contribution in [0.4, 0.5) is 0 Å². The van der Waals surface area contributed by atoms with Crippen LogP contribution in [0.5, 0.6) is 0 Å². The van der Waals surface area contributed by atoms with E-state index in [0.717, 1.165) is 45.3 Å². The topological polar surface area (TPSA) is 61.4 Å². The second kappa shape index (κ2) is 5.90. The molecule has 2 fully saturated rings. The summed E-state index contributed by atoms with van der Waals surface area (Å²) in [6.07, 6.45) is 3.77. The Hall–Kier alpha value is -1.10. The average molecular weight is 267 g/mol. The Labute approximate surface area is 115 Å². The smallest absolute Gasteiger partial charge is 0.228 e. The summed E-state index contributed by atoms with van der Waals surface area (Å²) in [6.45, 7) is 6.96. The lowest BCUT2D eigenvalue weighted by molar-refractivity contribution is -0.144. The van der Waals surface area contributed by atoms with Crippen LogP contribution in [0, 0.1) is 5.41 Å². The van der Waals surface area contributed by atoms with Crippen molar-refractivity contribution in [3.8, 4) is 0 Å². The monoisotopic (exact) mass is 267 g/mol. The normalized spacial score (nSPS) is 26.8. The zero-order chi connectivity index (χ0) is 13.9. The number of nitrogens with zero attached hydrogens (tertiary/aromatic N) is 1. The van der Waals surface area contributed by atoms with Gasteiger partial charge in [0.15, 0.2) is 0 Å². The molecule has 2 aliphatic heterocycles. The molecule has 2 rings (SSSR count). The number of piperidine rings is 2. The highest BCUT2D eigenvalue weighted by Gasteiger charge is 2.39. The highest BCUT2D eigenvalue weighted by molar-refractivity contribution is 5.82. The predicted molar refractivity (Wildman–Crippen MR) is 73.6 cm³/mol. The van der Waals surface area contributed by atoms with Crippen molar-refractivity contribution in [3.63, 3.8) is 0 Å². The summed E-state index contributed by atoms with van der Waals surface area (Å²) >= 11 is 0. The van der Waals surface area contributed by atoms with Gasteiger partial charge in [-0.3, -0.25) is 9.59 Å². The predicted octanol–water partition coefficient (Wildman–Crippen LogP) is 0.503. The minimum atomic E-state index is -0.219. The number of carbonyl (C=O) groups excluding carboxylic acids is 2. The molecule has 5 nitrogen and oxygen atoms in total. The van der Waals surface area contributed by atoms with Gasteiger partial charge in [-0.1, -0.05) is 6.92 Å². The number of carbonyl (C=O) groups is 2. The van der Waals surface area contributed by atoms with Gasteiger partial charge in [-0.05, 0) is 38.8 Å². The maximum absolute atomic E-state index is 12.7. The van der Waals surface area contributed by atoms with Crippen molar-refractivity contribution in [2.75, 3.05) is 26.2 Å². The van der Waals surface area contributed by atoms with Crippen molar-refractivity contribution < 1.29 is 9.59 Å². The molecule has 5 heteroatoms. The zero-order valence-corrected chi connectivity index (χ0v) is 12.0. The van der Waals surface area contributed by atoms with E-state index in [1.807, 2.05) is 4.90 Å². The summed E-state index contributed by atoms with van der Waals surface area (Å²) in [4.78, 5) is 25.8. The van der Waals surface area contributed by atoms with Gasteiger partial charge in [0.2, 0.25) is 11.8 Å². The third-order valence-corrected chi connectivity index (χ3v) is 4.34. The highest BCUT2D eigenvalue weighted by atomic mass is 16.2. The largest absolute Gasteiger partial charge is 0.352 e. The van der Waals surface area contributed by atoms with E-state index in [0.29, 0.717) is 6.54 Å². The first-order valence-electron chi connectivity index (χ1n) is 7.28. The minimum Gasteiger partial charge on any atom is -0.352 e. The molecular weight excluding hydrogens is 242 g/mol. The first kappa shape index (κ1) is 14.3. The van der Waals surface area contributed by atoms with Gasteiger partial charge in [-0.2, -0.15) is 0 Å². The van der Waals surface area contributed by atoms with Gasteiger partial charge in [0.1, 0.15) is 0 Å². The molecule has 0 aromatic carbocycles. The molecule has 108 valence electrons. The van der Waals surface area contributed by atoms with Crippen LogP contribution in [0.3, 0.4) is 0 Å². The van der Waals surface area contributed by atoms with Crippen molar-refractivity contribution in [3.05, 3.63) is 0 Å². The van der Waals surface area contributed by atoms with Crippen LogP contribution in [0.1, 0.15) is 39.5 Å². The van der Waals surface area contributed by atoms with Gasteiger partial charge in [0.25, 0.3) is 0 Å². The number of hydrogen-bond donors (Lipinski definition) is 2. The van der Waals surface area contributed by atoms with E-state index in [2.05, 4.69) is 17.6 Å². The molecule has 1 unspecified atom stereocenters. The molecule has 0 aromatic heterocycles. The maximum Gasteiger partial charge on any atom is 0.228 e. The lowest BCUT2D eigenvalue weighted by Crippen LogP contribution is -2.54. The van der Waals surface area contributed by atoms with Crippen molar-refractivity contribution in [2.45, 2.75) is 45.6 Å². The quantitative estimate of drug-likeness (QED) is 0.766. The fourth-order valence-corrected chi connectivity index (χ4v) is 3.14. The molecular formula is C14H25N3O2. The fraction of sp³-hybridized carbons (Fsp3) is 0.857. The van der Waals surface area contributed by atoms with Gasteiger partial charge < -0.3 is 15.5 Å². The third kappa shape index (κ3) is 3.47. The SMILES string of the molecule is CC(=O)NC1CCCN(C(=O)C2(C)CCNCC2)C1. The standard InChI is InChI=1S/C14H25N3O2/c1-11(18)16-12-4-3-9-17(10-12)13(19)14(2)5-7-15-8-6-14/h12,15H,3-10H2,1-2H3,(H,16,18). The molecule has 2 N–H and O–H groups in total. The van der Waals surface area contributed by atoms with Crippen LogP contribution in [0.15, 0.2) is 0 Å². The maximum atomic E-state index is 12.7. The van der Waals surface area contributed by atoms with E-state index in [4.69, 9.17) is 0 Å². The summed E-state index contributed by atoms with van der Waals surface area (Å²) in [5, 5.41) is 6.24. The Morgan fingerprint density at radius 3 is 2.63 bits per heavy atom. The van der Waals surface area contributed by atoms with Crippen LogP contribution in [0.25, 0.3) is 0 Å². The Balaban J connectivity index is 1.96. The van der Waals surface area contributed by atoms with E-state index < -0.39 is 0 Å². The molecule has 2 heterocycles. The number of hydrogen-bond acceptors (Lipinski definition) is 3. The van der Waals surface area contributed by atoms with Crippen LogP contribution < -0.4 is 10.6 Å². The highest BCUT2D eigenvalue weighted by Crippen LogP contribution is 2.31. The zero-order valence-electron chi connectivity index (χ0n) is 12.0. The lowest BCUT2D eigenvalue weighted by Gasteiger charge is -2.40. The van der Waals surface area contributed by atoms with Crippen LogP contribution in [0.2, 0.25) is 0 Å². The Morgan fingerprint density at radius 1 is 1.32 bits per heavy atom. The van der Waals surface area contributed by atoms with E-state index in [9.17, 15) is 9.59 Å². The molecule has 0 saturated carbocycles. The first-order chi connectivity index (χ1) is 9.01. The van der Waals surface area contributed by atoms with Crippen molar-refractivity contribution in [2.24, 2.45) is 5.41 Å². The van der Waals surface area contributed by atoms with Crippen LogP contribution >= 0.6 is 0 Å². The molecule has 1 atom stereocenters. The molecule has 0 bridgehead atoms. The summed E-state index contributed by atoms with van der Waals surface area (Å²) in [6, 6.07) is 0.125. The molecule has 2 saturated heterocycles. The molecule has 2 amide bonds. The Kier molecular flexibility index (Phi) is 4.45. The average Bonchev–Trinajstić information content (AvgIpc) is 2.38. The Bertz CT molecular complexity index is 351. The van der Waals surface area contributed by atoms with E-state index in [-0.39, 0.29) is 23.3 Å². The van der Waals surface area contributed by atoms with Crippen molar-refractivity contribution >= 4 is 11.8 Å². The first-order valence-corrected chi connectivity index (χ1v) is 7.28. The van der Waals surface area contributed by atoms with Gasteiger partial charge in [0, 0.05) is 31.5 Å². The van der Waals surface area contributed by atoms with Gasteiger partial charge in [-0.15, -0.1) is 0 Å². The van der Waals surface area contributed by atoms with E-state index >= 15 is 0 Å². The van der Waals surface area contributed by atoms with Crippen molar-refractivity contribution in [1.82, 2.24) is 15.5 Å². The van der Waals surface area contributed by atoms with E-state index in [1.54, 1.807) is 0 Å². The molecule has 0 spiro atoms. The van der Waals surface area contributed by atoms with E-state index in [1.165, 1.54) is 6.92 Å². The summed E-state index contributed by atoms with van der Waals surface area (Å²) in [5.74, 6) is 0.261. The lowest BCUT2D eigenvalue weighted by atomic mass is 9.79. The Morgan fingerprint density at radius 2 is 2.00 bits per heavy atom. The van der Waals surface area contributed by atoms with Crippen molar-refractivity contribution in [1.29, 1.82) is 0 Å². The molecule has 0 radical (unpaired) electrons. The summed E-state index contributed by atoms with van der Waals surface area (Å²) in [7, 11) is 0. The molecule has 19 heavy (non-hydrogen) atoms. The summed E-state index contributed by atoms with van der Waals surface area (Å²) in [5.41, 5.74) is -0.219. The number of amides is 2. The molecule has 0 aromatic rings. The summed E-state index contributed by atoms with van der Waals surface area (Å²) < 4.78 is 0. The van der Waals surface area contributed by atoms with Gasteiger partial charge >= 0.3 is 0 Å². The second-order valence-corrected chi connectivity index (χ2v) is 6.10. The van der Waals surface area contributed by atoms with Gasteiger partial charge in [-0.25, -0.2) is 0 Å². The number of likely N-dealkylation sites (tertiary alicyclic amines) is 1. The number of rotatable bonds is 2. The number of nitrogens with one attached hydrogen (secondary N) is 2. The van der Waals surface area contributed by atoms with Crippen LogP contribution in [-0.4, -0.2) is 48.9 Å². The third-order valence-electron chi connectivity index (χ3n) is 4.34.